The molecule has 1 aromatic rings. The Morgan fingerprint density at radius 2 is 1.74 bits per heavy atom. The summed E-state index contributed by atoms with van der Waals surface area (Å²) in [6.07, 6.45) is -3.90. The van der Waals surface area contributed by atoms with Crippen molar-refractivity contribution < 1.29 is 27.0 Å². The van der Waals surface area contributed by atoms with Crippen LogP contribution in [0.4, 0.5) is 17.6 Å². The number of hydrogen-bond donors (Lipinski definition) is 0. The smallest absolute Gasteiger partial charge is 0.327 e. The first-order chi connectivity index (χ1) is 8.77. The summed E-state index contributed by atoms with van der Waals surface area (Å²) in [6.45, 7) is 0. The van der Waals surface area contributed by atoms with E-state index in [1.807, 2.05) is 0 Å². The van der Waals surface area contributed by atoms with Gasteiger partial charge in [0.1, 0.15) is 21.9 Å². The molecule has 0 saturated heterocycles. The molecule has 0 saturated carbocycles. The monoisotopic (exact) mass is 320 g/mol. The Morgan fingerprint density at radius 3 is 2.16 bits per heavy atom. The van der Waals surface area contributed by atoms with E-state index in [-0.39, 0.29) is 22.1 Å². The SMILES string of the molecule is COc1ccc(C(Cl)C(F)(F)C(F)F)c(OC)c1Cl. The van der Waals surface area contributed by atoms with Gasteiger partial charge in [0, 0.05) is 5.56 Å². The minimum atomic E-state index is -4.41. The topological polar surface area (TPSA) is 18.5 Å². The quantitative estimate of drug-likeness (QED) is 0.586. The predicted octanol–water partition coefficient (Wildman–Crippen LogP) is 4.54. The third kappa shape index (κ3) is 3.00. The predicted molar refractivity (Wildman–Crippen MR) is 64.1 cm³/mol. The van der Waals surface area contributed by atoms with Gasteiger partial charge in [-0.15, -0.1) is 11.6 Å². The lowest BCUT2D eigenvalue weighted by Gasteiger charge is -2.23. The van der Waals surface area contributed by atoms with Crippen molar-refractivity contribution in [1.29, 1.82) is 0 Å². The average Bonchev–Trinajstić information content (AvgIpc) is 2.37. The van der Waals surface area contributed by atoms with E-state index in [1.165, 1.54) is 13.2 Å². The third-order valence-electron chi connectivity index (χ3n) is 2.42. The summed E-state index contributed by atoms with van der Waals surface area (Å²) in [6, 6.07) is 2.36. The number of alkyl halides is 5. The van der Waals surface area contributed by atoms with Gasteiger partial charge in [-0.3, -0.25) is 0 Å². The Kier molecular flexibility index (Phi) is 5.15. The van der Waals surface area contributed by atoms with Gasteiger partial charge >= 0.3 is 12.3 Å². The minimum absolute atomic E-state index is 0.113. The number of benzene rings is 1. The second-order valence-corrected chi connectivity index (χ2v) is 4.36. The van der Waals surface area contributed by atoms with E-state index in [0.29, 0.717) is 0 Å². The molecule has 1 atom stereocenters. The van der Waals surface area contributed by atoms with E-state index in [0.717, 1.165) is 13.2 Å². The van der Waals surface area contributed by atoms with Crippen molar-refractivity contribution >= 4 is 23.2 Å². The van der Waals surface area contributed by atoms with E-state index in [1.54, 1.807) is 0 Å². The van der Waals surface area contributed by atoms with Crippen molar-refractivity contribution in [2.45, 2.75) is 17.7 Å². The van der Waals surface area contributed by atoms with Crippen LogP contribution in [0, 0.1) is 0 Å². The van der Waals surface area contributed by atoms with Crippen LogP contribution in [0.5, 0.6) is 11.5 Å². The van der Waals surface area contributed by atoms with E-state index in [2.05, 4.69) is 0 Å². The average molecular weight is 321 g/mol. The van der Waals surface area contributed by atoms with Gasteiger partial charge in [0.05, 0.1) is 14.2 Å². The Bertz CT molecular complexity index is 455. The standard InChI is InChI=1S/C11H10Cl2F4O2/c1-18-6-4-3-5(8(19-2)7(6)12)9(13)11(16,17)10(14)15/h3-4,9-10H,1-2H3. The Morgan fingerprint density at radius 1 is 1.16 bits per heavy atom. The summed E-state index contributed by atoms with van der Waals surface area (Å²) in [5.41, 5.74) is -0.333. The zero-order valence-electron chi connectivity index (χ0n) is 9.89. The molecule has 0 amide bonds. The molecule has 19 heavy (non-hydrogen) atoms. The van der Waals surface area contributed by atoms with Crippen molar-refractivity contribution in [3.63, 3.8) is 0 Å². The van der Waals surface area contributed by atoms with Crippen molar-refractivity contribution in [2.24, 2.45) is 0 Å². The summed E-state index contributed by atoms with van der Waals surface area (Å²) in [7, 11) is 2.47. The fourth-order valence-electron chi connectivity index (χ4n) is 1.44. The van der Waals surface area contributed by atoms with Crippen LogP contribution in [0.2, 0.25) is 5.02 Å². The number of methoxy groups -OCH3 is 2. The lowest BCUT2D eigenvalue weighted by atomic mass is 10.1. The zero-order chi connectivity index (χ0) is 14.8. The second-order valence-electron chi connectivity index (χ2n) is 3.54. The molecule has 1 unspecified atom stereocenters. The highest BCUT2D eigenvalue weighted by Gasteiger charge is 2.49. The van der Waals surface area contributed by atoms with Crippen molar-refractivity contribution in [3.05, 3.63) is 22.7 Å². The molecule has 0 radical (unpaired) electrons. The first-order valence-electron chi connectivity index (χ1n) is 4.97. The highest BCUT2D eigenvalue weighted by atomic mass is 35.5. The van der Waals surface area contributed by atoms with Crippen molar-refractivity contribution in [1.82, 2.24) is 0 Å². The maximum Gasteiger partial charge on any atom is 0.327 e. The van der Waals surface area contributed by atoms with Gasteiger partial charge in [-0.25, -0.2) is 8.78 Å². The number of rotatable bonds is 5. The van der Waals surface area contributed by atoms with Crippen LogP contribution < -0.4 is 9.47 Å². The molecule has 1 aromatic carbocycles. The van der Waals surface area contributed by atoms with Crippen LogP contribution >= 0.6 is 23.2 Å². The fraction of sp³-hybridized carbons (Fsp3) is 0.455. The molecule has 0 aliphatic carbocycles. The maximum atomic E-state index is 13.2. The molecule has 8 heteroatoms. The van der Waals surface area contributed by atoms with E-state index in [9.17, 15) is 17.6 Å². The van der Waals surface area contributed by atoms with Gasteiger partial charge in [-0.05, 0) is 12.1 Å². The normalized spacial score (nSPS) is 13.5. The van der Waals surface area contributed by atoms with Crippen LogP contribution in [0.3, 0.4) is 0 Å². The first-order valence-corrected chi connectivity index (χ1v) is 5.79. The summed E-state index contributed by atoms with van der Waals surface area (Å²) in [4.78, 5) is 0. The lowest BCUT2D eigenvalue weighted by molar-refractivity contribution is -0.130. The molecule has 1 rings (SSSR count). The van der Waals surface area contributed by atoms with Crippen molar-refractivity contribution in [2.75, 3.05) is 14.2 Å². The molecule has 2 nitrogen and oxygen atoms in total. The molecule has 0 heterocycles. The summed E-state index contributed by atoms with van der Waals surface area (Å²) in [5, 5.41) is -2.39. The number of halogens is 6. The van der Waals surface area contributed by atoms with Gasteiger partial charge in [0.15, 0.2) is 0 Å². The van der Waals surface area contributed by atoms with Gasteiger partial charge in [0.25, 0.3) is 0 Å². The van der Waals surface area contributed by atoms with E-state index >= 15 is 0 Å². The van der Waals surface area contributed by atoms with Crippen LogP contribution in [0.25, 0.3) is 0 Å². The number of ether oxygens (including phenoxy) is 2. The molecule has 0 N–H and O–H groups in total. The molecular weight excluding hydrogens is 311 g/mol. The van der Waals surface area contributed by atoms with Gasteiger partial charge in [-0.1, -0.05) is 11.6 Å². The third-order valence-corrected chi connectivity index (χ3v) is 3.30. The van der Waals surface area contributed by atoms with Crippen LogP contribution in [0.15, 0.2) is 12.1 Å². The number of hydrogen-bond acceptors (Lipinski definition) is 2. The van der Waals surface area contributed by atoms with Crippen LogP contribution in [-0.2, 0) is 0 Å². The largest absolute Gasteiger partial charge is 0.495 e. The lowest BCUT2D eigenvalue weighted by Crippen LogP contribution is -2.31. The van der Waals surface area contributed by atoms with Crippen LogP contribution in [0.1, 0.15) is 10.9 Å². The van der Waals surface area contributed by atoms with Gasteiger partial charge < -0.3 is 9.47 Å². The second kappa shape index (κ2) is 6.05. The highest BCUT2D eigenvalue weighted by Crippen LogP contribution is 2.48. The van der Waals surface area contributed by atoms with Crippen LogP contribution in [-0.4, -0.2) is 26.6 Å². The zero-order valence-corrected chi connectivity index (χ0v) is 11.4. The Hall–Kier alpha value is -0.880. The molecule has 0 aromatic heterocycles. The van der Waals surface area contributed by atoms with Gasteiger partial charge in [-0.2, -0.15) is 8.78 Å². The molecule has 108 valence electrons. The molecule has 0 spiro atoms. The van der Waals surface area contributed by atoms with Gasteiger partial charge in [0.2, 0.25) is 0 Å². The van der Waals surface area contributed by atoms with E-state index < -0.39 is 17.7 Å². The Balaban J connectivity index is 3.32. The summed E-state index contributed by atoms with van der Waals surface area (Å²) in [5.74, 6) is -4.47. The fourth-order valence-corrected chi connectivity index (χ4v) is 2.03. The molecular formula is C11H10Cl2F4O2. The molecule has 0 fully saturated rings. The first kappa shape index (κ1) is 16.2. The minimum Gasteiger partial charge on any atom is -0.495 e. The molecule has 0 aliphatic heterocycles. The molecule has 0 aliphatic rings. The highest BCUT2D eigenvalue weighted by molar-refractivity contribution is 6.34. The maximum absolute atomic E-state index is 13.2. The van der Waals surface area contributed by atoms with Crippen molar-refractivity contribution in [3.8, 4) is 11.5 Å². The van der Waals surface area contributed by atoms with E-state index in [4.69, 9.17) is 32.7 Å². The Labute approximate surface area is 117 Å². The summed E-state index contributed by atoms with van der Waals surface area (Å²) >= 11 is 11.3. The molecule has 0 bridgehead atoms. The summed E-state index contributed by atoms with van der Waals surface area (Å²) < 4.78 is 60.8.